The standard InChI is InChI=1S/C20H23FN2O4/c1-19(2)26-17-18(27-19)25-16-12(13(21)9-20(16,17)24)7-10-3-4-11-5-6-15(22)23-14(11)8-10/h3-6,8,12-13,16-18,24H,7,9H2,1-2H3,(H2,22,23)/t12-,13-,16-,17?,18-,20-/m1/s1. The highest BCUT2D eigenvalue weighted by Crippen LogP contribution is 2.53. The van der Waals surface area contributed by atoms with Crippen LogP contribution >= 0.6 is 0 Å². The van der Waals surface area contributed by atoms with Crippen LogP contribution in [0.2, 0.25) is 0 Å². The lowest BCUT2D eigenvalue weighted by Gasteiger charge is -2.29. The number of alkyl halides is 1. The number of nitrogens with zero attached hydrogens (tertiary/aromatic N) is 1. The van der Waals surface area contributed by atoms with Crippen LogP contribution in [0.3, 0.4) is 0 Å². The molecular formula is C20H23FN2O4. The summed E-state index contributed by atoms with van der Waals surface area (Å²) in [6.07, 6.45) is -2.76. The van der Waals surface area contributed by atoms with Crippen LogP contribution in [0.25, 0.3) is 10.9 Å². The highest BCUT2D eigenvalue weighted by Gasteiger charge is 2.69. The van der Waals surface area contributed by atoms with Crippen LogP contribution < -0.4 is 5.73 Å². The summed E-state index contributed by atoms with van der Waals surface area (Å²) in [6.45, 7) is 3.53. The van der Waals surface area contributed by atoms with Gasteiger partial charge in [-0.3, -0.25) is 0 Å². The minimum absolute atomic E-state index is 0.0122. The van der Waals surface area contributed by atoms with Crippen molar-refractivity contribution >= 4 is 16.7 Å². The van der Waals surface area contributed by atoms with Crippen LogP contribution in [0.15, 0.2) is 30.3 Å². The van der Waals surface area contributed by atoms with Gasteiger partial charge >= 0.3 is 0 Å². The Hall–Kier alpha value is -1.80. The number of hydrogen-bond donors (Lipinski definition) is 2. The first kappa shape index (κ1) is 17.3. The molecule has 0 radical (unpaired) electrons. The number of pyridine rings is 1. The Kier molecular flexibility index (Phi) is 3.59. The van der Waals surface area contributed by atoms with Crippen molar-refractivity contribution < 1.29 is 23.7 Å². The van der Waals surface area contributed by atoms with Crippen molar-refractivity contribution in [2.75, 3.05) is 5.73 Å². The summed E-state index contributed by atoms with van der Waals surface area (Å²) in [5, 5.41) is 12.1. The zero-order valence-corrected chi connectivity index (χ0v) is 15.3. The average molecular weight is 374 g/mol. The van der Waals surface area contributed by atoms with Gasteiger partial charge in [0.15, 0.2) is 12.1 Å². The van der Waals surface area contributed by atoms with E-state index in [1.54, 1.807) is 19.9 Å². The molecule has 1 aromatic carbocycles. The van der Waals surface area contributed by atoms with Gasteiger partial charge in [0.1, 0.15) is 23.7 Å². The number of nitrogens with two attached hydrogens (primary N) is 1. The fourth-order valence-electron chi connectivity index (χ4n) is 4.76. The molecule has 0 amide bonds. The molecule has 1 aliphatic carbocycles. The summed E-state index contributed by atoms with van der Waals surface area (Å²) in [5.41, 5.74) is 6.10. The van der Waals surface area contributed by atoms with Gasteiger partial charge in [-0.15, -0.1) is 0 Å². The molecule has 27 heavy (non-hydrogen) atoms. The molecule has 0 bridgehead atoms. The molecule has 6 atom stereocenters. The lowest BCUT2D eigenvalue weighted by atomic mass is 9.90. The Labute approximate surface area is 156 Å². The molecule has 6 nitrogen and oxygen atoms in total. The molecule has 1 saturated carbocycles. The van der Waals surface area contributed by atoms with E-state index in [-0.39, 0.29) is 6.42 Å². The molecule has 144 valence electrons. The third-order valence-corrected chi connectivity index (χ3v) is 5.95. The highest BCUT2D eigenvalue weighted by molar-refractivity contribution is 5.80. The molecule has 3 N–H and O–H groups in total. The molecular weight excluding hydrogens is 351 g/mol. The van der Waals surface area contributed by atoms with Crippen molar-refractivity contribution in [1.29, 1.82) is 0 Å². The second-order valence-corrected chi connectivity index (χ2v) is 8.32. The minimum Gasteiger partial charge on any atom is -0.384 e. The van der Waals surface area contributed by atoms with Crippen LogP contribution in [0, 0.1) is 5.92 Å². The van der Waals surface area contributed by atoms with E-state index in [4.69, 9.17) is 19.9 Å². The second-order valence-electron chi connectivity index (χ2n) is 8.32. The van der Waals surface area contributed by atoms with Gasteiger partial charge in [0, 0.05) is 17.7 Å². The van der Waals surface area contributed by atoms with Gasteiger partial charge in [-0.05, 0) is 44.0 Å². The predicted molar refractivity (Wildman–Crippen MR) is 96.5 cm³/mol. The molecule has 7 heteroatoms. The van der Waals surface area contributed by atoms with Gasteiger partial charge in [0.2, 0.25) is 0 Å². The predicted octanol–water partition coefficient (Wildman–Crippen LogP) is 2.33. The zero-order valence-electron chi connectivity index (χ0n) is 15.3. The number of benzene rings is 1. The normalized spacial score (nSPS) is 39.6. The quantitative estimate of drug-likeness (QED) is 0.839. The first-order chi connectivity index (χ1) is 12.7. The van der Waals surface area contributed by atoms with E-state index in [0.29, 0.717) is 12.2 Å². The third kappa shape index (κ3) is 2.64. The van der Waals surface area contributed by atoms with E-state index >= 15 is 0 Å². The minimum atomic E-state index is -1.37. The van der Waals surface area contributed by atoms with Crippen molar-refractivity contribution in [2.24, 2.45) is 5.92 Å². The molecule has 3 fully saturated rings. The molecule has 2 aromatic rings. The van der Waals surface area contributed by atoms with Crippen LogP contribution in [0.1, 0.15) is 25.8 Å². The number of hydrogen-bond acceptors (Lipinski definition) is 6. The maximum Gasteiger partial charge on any atom is 0.190 e. The smallest absolute Gasteiger partial charge is 0.190 e. The summed E-state index contributed by atoms with van der Waals surface area (Å²) < 4.78 is 32.4. The Bertz CT molecular complexity index is 907. The van der Waals surface area contributed by atoms with Crippen molar-refractivity contribution in [3.63, 3.8) is 0 Å². The number of aromatic nitrogens is 1. The Morgan fingerprint density at radius 1 is 1.22 bits per heavy atom. The van der Waals surface area contributed by atoms with Crippen LogP contribution in [0.4, 0.5) is 10.2 Å². The summed E-state index contributed by atoms with van der Waals surface area (Å²) in [7, 11) is 0. The topological polar surface area (TPSA) is 86.8 Å². The molecule has 2 saturated heterocycles. The van der Waals surface area contributed by atoms with E-state index < -0.39 is 42.0 Å². The van der Waals surface area contributed by atoms with Crippen LogP contribution in [0.5, 0.6) is 0 Å². The van der Waals surface area contributed by atoms with Crippen LogP contribution in [-0.4, -0.2) is 46.1 Å². The number of ether oxygens (including phenoxy) is 3. The maximum atomic E-state index is 14.9. The number of anilines is 1. The van der Waals surface area contributed by atoms with Crippen molar-refractivity contribution in [3.8, 4) is 0 Å². The first-order valence-corrected chi connectivity index (χ1v) is 9.28. The van der Waals surface area contributed by atoms with Gasteiger partial charge in [-0.25, -0.2) is 9.37 Å². The summed E-state index contributed by atoms with van der Waals surface area (Å²) in [5.74, 6) is -0.874. The Balaban J connectivity index is 1.42. The van der Waals surface area contributed by atoms with Gasteiger partial charge in [-0.2, -0.15) is 0 Å². The summed E-state index contributed by atoms with van der Waals surface area (Å²) >= 11 is 0. The van der Waals surface area contributed by atoms with Gasteiger partial charge in [0.05, 0.1) is 11.6 Å². The fourth-order valence-corrected chi connectivity index (χ4v) is 4.76. The SMILES string of the molecule is CC1(C)OC2[C@H](O[C@@H]3[C@H](Cc4ccc5ccc(N)nc5c4)[C@H](F)C[C@]23O)O1. The third-order valence-electron chi connectivity index (χ3n) is 5.95. The monoisotopic (exact) mass is 374 g/mol. The fraction of sp³-hybridized carbons (Fsp3) is 0.550. The number of nitrogen functional groups attached to an aromatic ring is 1. The van der Waals surface area contributed by atoms with Gasteiger partial charge in [0.25, 0.3) is 0 Å². The molecule has 2 aliphatic heterocycles. The maximum absolute atomic E-state index is 14.9. The zero-order chi connectivity index (χ0) is 19.0. The van der Waals surface area contributed by atoms with E-state index in [1.807, 2.05) is 24.3 Å². The van der Waals surface area contributed by atoms with E-state index in [0.717, 1.165) is 16.5 Å². The molecule has 1 unspecified atom stereocenters. The molecule has 0 spiro atoms. The van der Waals surface area contributed by atoms with Gasteiger partial charge < -0.3 is 25.1 Å². The lowest BCUT2D eigenvalue weighted by molar-refractivity contribution is -0.228. The number of rotatable bonds is 2. The Morgan fingerprint density at radius 2 is 2.00 bits per heavy atom. The average Bonchev–Trinajstić information content (AvgIpc) is 3.12. The van der Waals surface area contributed by atoms with E-state index in [1.165, 1.54) is 0 Å². The first-order valence-electron chi connectivity index (χ1n) is 9.28. The Morgan fingerprint density at radius 3 is 2.81 bits per heavy atom. The lowest BCUT2D eigenvalue weighted by Crippen LogP contribution is -2.47. The summed E-state index contributed by atoms with van der Waals surface area (Å²) in [4.78, 5) is 4.34. The number of aliphatic hydroxyl groups is 1. The van der Waals surface area contributed by atoms with Gasteiger partial charge in [-0.1, -0.05) is 12.1 Å². The second kappa shape index (κ2) is 5.61. The van der Waals surface area contributed by atoms with E-state index in [2.05, 4.69) is 4.98 Å². The molecule has 3 heterocycles. The van der Waals surface area contributed by atoms with E-state index in [9.17, 15) is 9.50 Å². The molecule has 1 aromatic heterocycles. The molecule has 5 rings (SSSR count). The largest absolute Gasteiger partial charge is 0.384 e. The highest BCUT2D eigenvalue weighted by atomic mass is 19.1. The van der Waals surface area contributed by atoms with Crippen molar-refractivity contribution in [3.05, 3.63) is 35.9 Å². The van der Waals surface area contributed by atoms with Crippen molar-refractivity contribution in [1.82, 2.24) is 4.98 Å². The van der Waals surface area contributed by atoms with Crippen LogP contribution in [-0.2, 0) is 20.6 Å². The number of fused-ring (bicyclic) bond motifs is 4. The number of halogens is 1. The summed E-state index contributed by atoms with van der Waals surface area (Å²) in [6, 6.07) is 9.48. The molecule has 3 aliphatic rings. The van der Waals surface area contributed by atoms with Crippen molar-refractivity contribution in [2.45, 2.75) is 62.7 Å².